The quantitative estimate of drug-likeness (QED) is 0.214. The van der Waals surface area contributed by atoms with Gasteiger partial charge < -0.3 is 0 Å². The molecule has 36 heavy (non-hydrogen) atoms. The molecule has 0 heteroatoms. The van der Waals surface area contributed by atoms with Crippen LogP contribution >= 0.6 is 0 Å². The Kier molecular flexibility index (Phi) is 7.46. The molecule has 0 fully saturated rings. The molecule has 0 heterocycles. The summed E-state index contributed by atoms with van der Waals surface area (Å²) < 4.78 is 0. The predicted octanol–water partition coefficient (Wildman–Crippen LogP) is 10.2. The second-order valence-electron chi connectivity index (χ2n) is 8.59. The van der Waals surface area contributed by atoms with E-state index in [1.807, 2.05) is 12.1 Å². The molecule has 7 rings (SSSR count). The molecule has 0 spiro atoms. The third-order valence-electron chi connectivity index (χ3n) is 6.19. The van der Waals surface area contributed by atoms with Crippen molar-refractivity contribution in [2.75, 3.05) is 0 Å². The van der Waals surface area contributed by atoms with E-state index in [0.717, 1.165) is 0 Å². The highest BCUT2D eigenvalue weighted by Gasteiger charge is 1.97. The summed E-state index contributed by atoms with van der Waals surface area (Å²) in [6.07, 6.45) is 0. The minimum absolute atomic E-state index is 1.28. The maximum atomic E-state index is 2.18. The maximum Gasteiger partial charge on any atom is -0.0105 e. The molecule has 0 radical (unpaired) electrons. The standard InChI is InChI=1S/C14H10.C12H10.C10H8/c1-3-7-13-11(5-1)9-10-12-6-2-4-8-14(12)13;1-3-7-11(8-4-1)12-9-5-2-6-10-12;1-2-6-10-8-4-3-7-9(10)5-1/h1-10H;1-10H;1-8H. The lowest BCUT2D eigenvalue weighted by Crippen LogP contribution is -1.75. The van der Waals surface area contributed by atoms with Crippen LogP contribution in [-0.4, -0.2) is 0 Å². The lowest BCUT2D eigenvalue weighted by molar-refractivity contribution is 1.62. The summed E-state index contributed by atoms with van der Waals surface area (Å²) in [7, 11) is 0. The van der Waals surface area contributed by atoms with Gasteiger partial charge in [0.15, 0.2) is 0 Å². The molecular weight excluding hydrogens is 432 g/mol. The topological polar surface area (TPSA) is 0 Å². The van der Waals surface area contributed by atoms with E-state index in [1.54, 1.807) is 0 Å². The van der Waals surface area contributed by atoms with E-state index in [1.165, 1.54) is 43.4 Å². The first kappa shape index (κ1) is 23.1. The van der Waals surface area contributed by atoms with E-state index in [4.69, 9.17) is 0 Å². The summed E-state index contributed by atoms with van der Waals surface area (Å²) >= 11 is 0. The molecule has 0 aliphatic heterocycles. The van der Waals surface area contributed by atoms with Gasteiger partial charge >= 0.3 is 0 Å². The number of benzene rings is 7. The van der Waals surface area contributed by atoms with Gasteiger partial charge in [0.2, 0.25) is 0 Å². The summed E-state index contributed by atoms with van der Waals surface area (Å²) in [5.41, 5.74) is 2.55. The van der Waals surface area contributed by atoms with Gasteiger partial charge in [0.05, 0.1) is 0 Å². The monoisotopic (exact) mass is 460 g/mol. The highest BCUT2D eigenvalue weighted by atomic mass is 14.0. The maximum absolute atomic E-state index is 2.18. The second-order valence-corrected chi connectivity index (χ2v) is 8.59. The zero-order chi connectivity index (χ0) is 24.4. The van der Waals surface area contributed by atoms with E-state index in [2.05, 4.69) is 158 Å². The van der Waals surface area contributed by atoms with Gasteiger partial charge in [-0.3, -0.25) is 0 Å². The van der Waals surface area contributed by atoms with E-state index in [9.17, 15) is 0 Å². The van der Waals surface area contributed by atoms with Gasteiger partial charge in [-0.25, -0.2) is 0 Å². The van der Waals surface area contributed by atoms with Gasteiger partial charge in [-0.15, -0.1) is 0 Å². The molecule has 0 nitrogen and oxygen atoms in total. The Balaban J connectivity index is 0.000000113. The Labute approximate surface area is 213 Å². The van der Waals surface area contributed by atoms with Crippen LogP contribution in [0.1, 0.15) is 0 Å². The molecule has 0 saturated carbocycles. The zero-order valence-electron chi connectivity index (χ0n) is 20.2. The number of hydrogen-bond donors (Lipinski definition) is 0. The smallest absolute Gasteiger partial charge is 0.0105 e. The first-order chi connectivity index (χ1) is 17.9. The van der Waals surface area contributed by atoms with Crippen molar-refractivity contribution < 1.29 is 0 Å². The first-order valence-electron chi connectivity index (χ1n) is 12.3. The molecule has 0 bridgehead atoms. The van der Waals surface area contributed by atoms with Gasteiger partial charge in [0.1, 0.15) is 0 Å². The van der Waals surface area contributed by atoms with Crippen LogP contribution in [0.3, 0.4) is 0 Å². The Hall–Kier alpha value is -4.68. The van der Waals surface area contributed by atoms with E-state index in [-0.39, 0.29) is 0 Å². The summed E-state index contributed by atoms with van der Waals surface area (Å²) in [4.78, 5) is 0. The Morgan fingerprint density at radius 2 is 0.472 bits per heavy atom. The van der Waals surface area contributed by atoms with Crippen molar-refractivity contribution in [2.24, 2.45) is 0 Å². The minimum Gasteiger partial charge on any atom is -0.0622 e. The van der Waals surface area contributed by atoms with Crippen LogP contribution in [0.25, 0.3) is 43.4 Å². The van der Waals surface area contributed by atoms with Gasteiger partial charge in [-0.1, -0.05) is 170 Å². The van der Waals surface area contributed by atoms with Crippen LogP contribution in [0.15, 0.2) is 170 Å². The lowest BCUT2D eigenvalue weighted by atomic mass is 10.0. The molecule has 0 aliphatic carbocycles. The second kappa shape index (κ2) is 11.6. The number of fused-ring (bicyclic) bond motifs is 4. The highest BCUT2D eigenvalue weighted by Crippen LogP contribution is 2.24. The van der Waals surface area contributed by atoms with Crippen molar-refractivity contribution in [1.29, 1.82) is 0 Å². The average molecular weight is 461 g/mol. The minimum atomic E-state index is 1.28. The lowest BCUT2D eigenvalue weighted by Gasteiger charge is -2.02. The Bertz CT molecular complexity index is 1510. The summed E-state index contributed by atoms with van der Waals surface area (Å²) in [6.45, 7) is 0. The largest absolute Gasteiger partial charge is 0.0622 e. The van der Waals surface area contributed by atoms with Crippen LogP contribution in [0.5, 0.6) is 0 Å². The van der Waals surface area contributed by atoms with Crippen molar-refractivity contribution in [3.8, 4) is 11.1 Å². The van der Waals surface area contributed by atoms with Crippen LogP contribution in [0.4, 0.5) is 0 Å². The molecule has 7 aromatic rings. The van der Waals surface area contributed by atoms with Crippen LogP contribution in [-0.2, 0) is 0 Å². The van der Waals surface area contributed by atoms with E-state index < -0.39 is 0 Å². The number of hydrogen-bond acceptors (Lipinski definition) is 0. The summed E-state index contributed by atoms with van der Waals surface area (Å²) in [5.74, 6) is 0. The van der Waals surface area contributed by atoms with Crippen molar-refractivity contribution in [3.05, 3.63) is 170 Å². The Morgan fingerprint density at radius 1 is 0.194 bits per heavy atom. The predicted molar refractivity (Wildman–Crippen MR) is 157 cm³/mol. The molecule has 0 atom stereocenters. The Morgan fingerprint density at radius 3 is 0.833 bits per heavy atom. The molecule has 0 N–H and O–H groups in total. The van der Waals surface area contributed by atoms with Crippen molar-refractivity contribution >= 4 is 32.3 Å². The molecule has 0 aliphatic rings. The third-order valence-corrected chi connectivity index (χ3v) is 6.19. The fourth-order valence-electron chi connectivity index (χ4n) is 4.35. The molecular formula is C36H28. The normalized spacial score (nSPS) is 10.2. The first-order valence-corrected chi connectivity index (χ1v) is 12.3. The zero-order valence-corrected chi connectivity index (χ0v) is 20.2. The van der Waals surface area contributed by atoms with Crippen molar-refractivity contribution in [3.63, 3.8) is 0 Å². The SMILES string of the molecule is c1ccc(-c2ccccc2)cc1.c1ccc2c(c1)ccc1ccccc12.c1ccc2ccccc2c1. The average Bonchev–Trinajstić information content (AvgIpc) is 2.99. The molecule has 7 aromatic carbocycles. The fourth-order valence-corrected chi connectivity index (χ4v) is 4.35. The van der Waals surface area contributed by atoms with Gasteiger partial charge in [-0.05, 0) is 43.4 Å². The summed E-state index contributed by atoms with van der Waals surface area (Å²) in [5, 5.41) is 7.92. The number of rotatable bonds is 1. The van der Waals surface area contributed by atoms with E-state index in [0.29, 0.717) is 0 Å². The molecule has 0 amide bonds. The summed E-state index contributed by atoms with van der Waals surface area (Å²) in [6, 6.07) is 58.9. The third kappa shape index (κ3) is 5.68. The van der Waals surface area contributed by atoms with Crippen LogP contribution < -0.4 is 0 Å². The van der Waals surface area contributed by atoms with Gasteiger partial charge in [0, 0.05) is 0 Å². The molecule has 0 unspecified atom stereocenters. The highest BCUT2D eigenvalue weighted by molar-refractivity contribution is 6.07. The molecule has 172 valence electrons. The van der Waals surface area contributed by atoms with Gasteiger partial charge in [0.25, 0.3) is 0 Å². The fraction of sp³-hybridized carbons (Fsp3) is 0. The van der Waals surface area contributed by atoms with Crippen molar-refractivity contribution in [2.45, 2.75) is 0 Å². The van der Waals surface area contributed by atoms with Gasteiger partial charge in [-0.2, -0.15) is 0 Å². The van der Waals surface area contributed by atoms with Crippen LogP contribution in [0.2, 0.25) is 0 Å². The van der Waals surface area contributed by atoms with Crippen molar-refractivity contribution in [1.82, 2.24) is 0 Å². The van der Waals surface area contributed by atoms with Crippen LogP contribution in [0, 0.1) is 0 Å². The molecule has 0 aromatic heterocycles. The molecule has 0 saturated heterocycles. The van der Waals surface area contributed by atoms with E-state index >= 15 is 0 Å².